The van der Waals surface area contributed by atoms with Gasteiger partial charge in [-0.2, -0.15) is 0 Å². The highest BCUT2D eigenvalue weighted by molar-refractivity contribution is 5.84. The minimum Gasteiger partial charge on any atom is -0.364 e. The van der Waals surface area contributed by atoms with E-state index in [1.54, 1.807) is 0 Å². The predicted molar refractivity (Wildman–Crippen MR) is 73.4 cm³/mol. The van der Waals surface area contributed by atoms with Crippen molar-refractivity contribution in [2.45, 2.75) is 45.9 Å². The van der Waals surface area contributed by atoms with Crippen LogP contribution in [0.4, 0.5) is 5.69 Å². The molecule has 0 amide bonds. The van der Waals surface area contributed by atoms with E-state index in [2.05, 4.69) is 19.1 Å². The van der Waals surface area contributed by atoms with Crippen LogP contribution in [0.15, 0.2) is 18.2 Å². The van der Waals surface area contributed by atoms with Gasteiger partial charge in [0.25, 0.3) is 0 Å². The molecular weight excluding hydrogens is 242 g/mol. The van der Waals surface area contributed by atoms with Crippen molar-refractivity contribution in [1.29, 1.82) is 0 Å². The molecule has 0 bridgehead atoms. The summed E-state index contributed by atoms with van der Waals surface area (Å²) in [7, 11) is 0. The van der Waals surface area contributed by atoms with Crippen molar-refractivity contribution in [3.05, 3.63) is 34.9 Å². The number of nitrogens with zero attached hydrogens (tertiary/aromatic N) is 1. The standard InChI is InChI=1S/C15H19NO3/c1-8-5-10-9(2)7-15(3,4)16-12(10)11(6-8)13(17)19-14(16)18/h5-7,13-14,17-18H,1-4H3/t13-,14-/m0/s1. The van der Waals surface area contributed by atoms with Crippen molar-refractivity contribution in [2.75, 3.05) is 4.90 Å². The molecule has 0 saturated carbocycles. The molecule has 0 aromatic heterocycles. The highest BCUT2D eigenvalue weighted by Crippen LogP contribution is 2.47. The molecule has 2 aliphatic rings. The largest absolute Gasteiger partial charge is 0.364 e. The molecule has 102 valence electrons. The van der Waals surface area contributed by atoms with E-state index in [4.69, 9.17) is 4.74 Å². The molecule has 0 spiro atoms. The Morgan fingerprint density at radius 1 is 1.21 bits per heavy atom. The average molecular weight is 261 g/mol. The Bertz CT molecular complexity index is 577. The number of anilines is 1. The van der Waals surface area contributed by atoms with Gasteiger partial charge in [-0.1, -0.05) is 6.08 Å². The van der Waals surface area contributed by atoms with Gasteiger partial charge in [0, 0.05) is 11.1 Å². The Morgan fingerprint density at radius 2 is 1.89 bits per heavy atom. The van der Waals surface area contributed by atoms with Gasteiger partial charge in [-0.05, 0) is 51.0 Å². The monoisotopic (exact) mass is 261 g/mol. The summed E-state index contributed by atoms with van der Waals surface area (Å²) in [5.74, 6) is 0. The maximum absolute atomic E-state index is 10.2. The fourth-order valence-electron chi connectivity index (χ4n) is 3.17. The third-order valence-electron chi connectivity index (χ3n) is 3.88. The summed E-state index contributed by atoms with van der Waals surface area (Å²) in [5.41, 5.74) is 4.52. The van der Waals surface area contributed by atoms with Crippen molar-refractivity contribution < 1.29 is 14.9 Å². The normalized spacial score (nSPS) is 27.9. The smallest absolute Gasteiger partial charge is 0.241 e. The number of hydrogen-bond donors (Lipinski definition) is 2. The topological polar surface area (TPSA) is 52.9 Å². The summed E-state index contributed by atoms with van der Waals surface area (Å²) in [5, 5.41) is 20.2. The summed E-state index contributed by atoms with van der Waals surface area (Å²) in [6.07, 6.45) is -0.104. The molecule has 0 unspecified atom stereocenters. The number of benzene rings is 1. The zero-order chi connectivity index (χ0) is 13.9. The van der Waals surface area contributed by atoms with Crippen molar-refractivity contribution in [3.8, 4) is 0 Å². The molecule has 3 rings (SSSR count). The average Bonchev–Trinajstić information content (AvgIpc) is 2.27. The first kappa shape index (κ1) is 12.7. The van der Waals surface area contributed by atoms with Crippen LogP contribution in [0.3, 0.4) is 0 Å². The van der Waals surface area contributed by atoms with Crippen LogP contribution < -0.4 is 4.90 Å². The van der Waals surface area contributed by atoms with Crippen LogP contribution in [0.2, 0.25) is 0 Å². The van der Waals surface area contributed by atoms with Crippen LogP contribution >= 0.6 is 0 Å². The highest BCUT2D eigenvalue weighted by atomic mass is 16.7. The van der Waals surface area contributed by atoms with Gasteiger partial charge in [0.2, 0.25) is 6.41 Å². The van der Waals surface area contributed by atoms with Crippen LogP contribution in [0.25, 0.3) is 5.57 Å². The molecule has 0 fully saturated rings. The summed E-state index contributed by atoms with van der Waals surface area (Å²) < 4.78 is 5.24. The van der Waals surface area contributed by atoms with Gasteiger partial charge in [-0.15, -0.1) is 0 Å². The molecule has 2 heterocycles. The molecule has 2 atom stereocenters. The number of ether oxygens (including phenoxy) is 1. The first-order valence-electron chi connectivity index (χ1n) is 6.46. The highest BCUT2D eigenvalue weighted by Gasteiger charge is 2.42. The number of allylic oxidation sites excluding steroid dienone is 1. The van der Waals surface area contributed by atoms with Gasteiger partial charge >= 0.3 is 0 Å². The lowest BCUT2D eigenvalue weighted by Gasteiger charge is -2.49. The predicted octanol–water partition coefficient (Wildman–Crippen LogP) is 2.29. The Morgan fingerprint density at radius 3 is 2.58 bits per heavy atom. The summed E-state index contributed by atoms with van der Waals surface area (Å²) in [6.45, 7) is 8.09. The zero-order valence-corrected chi connectivity index (χ0v) is 11.6. The first-order chi connectivity index (χ1) is 8.81. The summed E-state index contributed by atoms with van der Waals surface area (Å²) in [4.78, 5) is 1.82. The van der Waals surface area contributed by atoms with E-state index in [-0.39, 0.29) is 5.54 Å². The first-order valence-corrected chi connectivity index (χ1v) is 6.46. The second-order valence-electron chi connectivity index (χ2n) is 5.92. The second kappa shape index (κ2) is 3.82. The van der Waals surface area contributed by atoms with Gasteiger partial charge in [0.15, 0.2) is 6.29 Å². The fraction of sp³-hybridized carbons (Fsp3) is 0.467. The number of aliphatic hydroxyl groups excluding tert-OH is 2. The lowest BCUT2D eigenvalue weighted by atomic mass is 9.85. The third kappa shape index (κ3) is 1.71. The van der Waals surface area contributed by atoms with E-state index in [1.165, 1.54) is 0 Å². The number of aryl methyl sites for hydroxylation is 1. The minimum atomic E-state index is -1.14. The maximum atomic E-state index is 10.2. The SMILES string of the molecule is CC1=CC(C)(C)N2c3c1cc(C)cc3[C@@H](O)O[C@@H]2O. The van der Waals surface area contributed by atoms with Gasteiger partial charge < -0.3 is 19.8 Å². The minimum absolute atomic E-state index is 0.360. The molecule has 2 N–H and O–H groups in total. The Balaban J connectivity index is 2.34. The van der Waals surface area contributed by atoms with E-state index < -0.39 is 12.7 Å². The third-order valence-corrected chi connectivity index (χ3v) is 3.88. The van der Waals surface area contributed by atoms with Gasteiger partial charge in [-0.3, -0.25) is 0 Å². The second-order valence-corrected chi connectivity index (χ2v) is 5.92. The fourth-order valence-corrected chi connectivity index (χ4v) is 3.17. The zero-order valence-electron chi connectivity index (χ0n) is 11.6. The molecule has 2 aliphatic heterocycles. The van der Waals surface area contributed by atoms with Crippen molar-refractivity contribution in [3.63, 3.8) is 0 Å². The molecule has 4 nitrogen and oxygen atoms in total. The van der Waals surface area contributed by atoms with Crippen molar-refractivity contribution in [1.82, 2.24) is 0 Å². The molecule has 19 heavy (non-hydrogen) atoms. The van der Waals surface area contributed by atoms with Crippen LogP contribution in [0, 0.1) is 6.92 Å². The van der Waals surface area contributed by atoms with Crippen LogP contribution in [-0.2, 0) is 4.74 Å². The lowest BCUT2D eigenvalue weighted by molar-refractivity contribution is -0.222. The van der Waals surface area contributed by atoms with Crippen LogP contribution in [0.1, 0.15) is 43.8 Å². The quantitative estimate of drug-likeness (QED) is 0.752. The van der Waals surface area contributed by atoms with Gasteiger partial charge in [0.1, 0.15) is 0 Å². The molecule has 0 saturated heterocycles. The molecule has 0 radical (unpaired) electrons. The number of aliphatic hydroxyl groups is 2. The van der Waals surface area contributed by atoms with E-state index >= 15 is 0 Å². The van der Waals surface area contributed by atoms with Crippen LogP contribution in [-0.4, -0.2) is 22.2 Å². The number of rotatable bonds is 0. The molecular formula is C15H19NO3. The van der Waals surface area contributed by atoms with Gasteiger partial charge in [-0.25, -0.2) is 0 Å². The van der Waals surface area contributed by atoms with E-state index in [9.17, 15) is 10.2 Å². The Labute approximate surface area is 112 Å². The summed E-state index contributed by atoms with van der Waals surface area (Å²) in [6, 6.07) is 3.99. The lowest BCUT2D eigenvalue weighted by Crippen LogP contribution is -2.55. The molecule has 4 heteroatoms. The van der Waals surface area contributed by atoms with Crippen molar-refractivity contribution >= 4 is 11.3 Å². The summed E-state index contributed by atoms with van der Waals surface area (Å²) >= 11 is 0. The number of hydrogen-bond acceptors (Lipinski definition) is 4. The van der Waals surface area contributed by atoms with E-state index in [0.717, 1.165) is 28.0 Å². The van der Waals surface area contributed by atoms with Crippen LogP contribution in [0.5, 0.6) is 0 Å². The van der Waals surface area contributed by atoms with E-state index in [1.807, 2.05) is 31.7 Å². The Hall–Kier alpha value is -1.36. The molecule has 0 aliphatic carbocycles. The molecule has 1 aromatic carbocycles. The molecule has 1 aromatic rings. The van der Waals surface area contributed by atoms with E-state index in [0.29, 0.717) is 0 Å². The maximum Gasteiger partial charge on any atom is 0.241 e. The Kier molecular flexibility index (Phi) is 2.55. The van der Waals surface area contributed by atoms with Crippen molar-refractivity contribution in [2.24, 2.45) is 0 Å². The van der Waals surface area contributed by atoms with Gasteiger partial charge in [0.05, 0.1) is 11.2 Å².